The lowest BCUT2D eigenvalue weighted by Gasteiger charge is -2.23. The van der Waals surface area contributed by atoms with Gasteiger partial charge >= 0.3 is 0 Å². The Morgan fingerprint density at radius 2 is 1.71 bits per heavy atom. The van der Waals surface area contributed by atoms with Crippen LogP contribution in [0.1, 0.15) is 44.6 Å². The van der Waals surface area contributed by atoms with Gasteiger partial charge in [-0.05, 0) is 56.6 Å². The predicted molar refractivity (Wildman–Crippen MR) is 141 cm³/mol. The maximum Gasteiger partial charge on any atom is 0.240 e. The van der Waals surface area contributed by atoms with Crippen LogP contribution in [0.4, 0.5) is 23.1 Å². The predicted octanol–water partition coefficient (Wildman–Crippen LogP) is 4.71. The lowest BCUT2D eigenvalue weighted by Crippen LogP contribution is -2.23. The average Bonchev–Trinajstić information content (AvgIpc) is 2.90. The van der Waals surface area contributed by atoms with Gasteiger partial charge in [0.1, 0.15) is 5.69 Å². The molecule has 3 aromatic rings. The number of benzene rings is 2. The molecule has 1 saturated carbocycles. The van der Waals surface area contributed by atoms with Crippen molar-refractivity contribution in [3.63, 3.8) is 0 Å². The first kappa shape index (κ1) is 24.6. The van der Waals surface area contributed by atoms with Crippen LogP contribution < -0.4 is 20.8 Å². The molecule has 0 aliphatic heterocycles. The van der Waals surface area contributed by atoms with E-state index in [0.717, 1.165) is 24.1 Å². The number of rotatable bonds is 9. The van der Waals surface area contributed by atoms with Gasteiger partial charge in [0, 0.05) is 11.7 Å². The maximum absolute atomic E-state index is 12.0. The standard InChI is InChI=1S/C25H31N7O2S/c1-18(19-13-15-22(16-14-19)35(33,34)26-2)31-32-24-23(28-20-9-5-3-6-10-20)17-27-25(30-24)29-21-11-7-4-8-12-21/h3,5-6,9-10,13-17,21,26,28H,4,7-8,11-12H2,1-2H3,(H2,27,29,30,32). The summed E-state index contributed by atoms with van der Waals surface area (Å²) in [4.78, 5) is 9.42. The van der Waals surface area contributed by atoms with Gasteiger partial charge in [-0.1, -0.05) is 49.6 Å². The van der Waals surface area contributed by atoms with Crippen LogP contribution in [0.25, 0.3) is 0 Å². The molecule has 10 heteroatoms. The van der Waals surface area contributed by atoms with Gasteiger partial charge in [-0.15, -0.1) is 0 Å². The normalized spacial score (nSPS) is 15.0. The van der Waals surface area contributed by atoms with Crippen molar-refractivity contribution in [3.8, 4) is 0 Å². The third kappa shape index (κ3) is 6.55. The fourth-order valence-electron chi connectivity index (χ4n) is 3.93. The largest absolute Gasteiger partial charge is 0.351 e. The first-order valence-corrected chi connectivity index (χ1v) is 13.2. The molecule has 1 aliphatic rings. The molecule has 35 heavy (non-hydrogen) atoms. The highest BCUT2D eigenvalue weighted by Gasteiger charge is 2.16. The van der Waals surface area contributed by atoms with Gasteiger partial charge in [0.15, 0.2) is 5.82 Å². The molecule has 0 radical (unpaired) electrons. The number of aromatic nitrogens is 2. The summed E-state index contributed by atoms with van der Waals surface area (Å²) in [5.74, 6) is 1.10. The smallest absolute Gasteiger partial charge is 0.240 e. The summed E-state index contributed by atoms with van der Waals surface area (Å²) in [6, 6.07) is 16.7. The zero-order valence-corrected chi connectivity index (χ0v) is 20.8. The minimum Gasteiger partial charge on any atom is -0.351 e. The molecule has 184 valence electrons. The fourth-order valence-corrected chi connectivity index (χ4v) is 4.66. The van der Waals surface area contributed by atoms with Crippen molar-refractivity contribution in [2.24, 2.45) is 5.10 Å². The summed E-state index contributed by atoms with van der Waals surface area (Å²) in [6.45, 7) is 1.85. The molecular weight excluding hydrogens is 462 g/mol. The van der Waals surface area contributed by atoms with E-state index in [2.05, 4.69) is 30.9 Å². The SMILES string of the molecule is CNS(=O)(=O)c1ccc(C(C)=NNc2nc(NC3CCCCC3)ncc2Nc2ccccc2)cc1. The van der Waals surface area contributed by atoms with E-state index in [1.165, 1.54) is 26.3 Å². The van der Waals surface area contributed by atoms with Crippen molar-refractivity contribution in [2.45, 2.75) is 50.0 Å². The number of nitrogens with zero attached hydrogens (tertiary/aromatic N) is 3. The highest BCUT2D eigenvalue weighted by Crippen LogP contribution is 2.26. The molecule has 0 spiro atoms. The van der Waals surface area contributed by atoms with Gasteiger partial charge in [-0.2, -0.15) is 10.1 Å². The van der Waals surface area contributed by atoms with Gasteiger partial charge in [0.2, 0.25) is 16.0 Å². The van der Waals surface area contributed by atoms with Gasteiger partial charge < -0.3 is 10.6 Å². The summed E-state index contributed by atoms with van der Waals surface area (Å²) in [7, 11) is -2.10. The molecule has 0 amide bonds. The third-order valence-corrected chi connectivity index (χ3v) is 7.39. The molecule has 0 bridgehead atoms. The second-order valence-electron chi connectivity index (χ2n) is 8.47. The fraction of sp³-hybridized carbons (Fsp3) is 0.320. The number of para-hydroxylation sites is 1. The monoisotopic (exact) mass is 493 g/mol. The van der Waals surface area contributed by atoms with E-state index in [0.29, 0.717) is 29.2 Å². The topological polar surface area (TPSA) is 120 Å². The lowest BCUT2D eigenvalue weighted by molar-refractivity contribution is 0.461. The van der Waals surface area contributed by atoms with Crippen LogP contribution in [-0.4, -0.2) is 37.2 Å². The van der Waals surface area contributed by atoms with Gasteiger partial charge in [0.25, 0.3) is 0 Å². The molecule has 2 aromatic carbocycles. The second kappa shape index (κ2) is 11.3. The number of hydrogen-bond donors (Lipinski definition) is 4. The Kier molecular flexibility index (Phi) is 7.94. The van der Waals surface area contributed by atoms with Crippen LogP contribution in [0, 0.1) is 0 Å². The van der Waals surface area contributed by atoms with E-state index >= 15 is 0 Å². The Morgan fingerprint density at radius 3 is 2.40 bits per heavy atom. The van der Waals surface area contributed by atoms with Crippen LogP contribution >= 0.6 is 0 Å². The van der Waals surface area contributed by atoms with Crippen molar-refractivity contribution < 1.29 is 8.42 Å². The van der Waals surface area contributed by atoms with E-state index in [4.69, 9.17) is 4.98 Å². The molecule has 1 aliphatic carbocycles. The number of hydrazone groups is 1. The minimum atomic E-state index is -3.49. The van der Waals surface area contributed by atoms with E-state index < -0.39 is 10.0 Å². The summed E-state index contributed by atoms with van der Waals surface area (Å²) in [5, 5.41) is 11.3. The van der Waals surface area contributed by atoms with E-state index in [1.807, 2.05) is 37.3 Å². The maximum atomic E-state index is 12.0. The van der Waals surface area contributed by atoms with Gasteiger partial charge in [-0.3, -0.25) is 5.43 Å². The number of sulfonamides is 1. The molecule has 1 aromatic heterocycles. The Morgan fingerprint density at radius 1 is 1.00 bits per heavy atom. The third-order valence-electron chi connectivity index (χ3n) is 5.96. The summed E-state index contributed by atoms with van der Waals surface area (Å²) < 4.78 is 26.3. The molecule has 0 unspecified atom stereocenters. The van der Waals surface area contributed by atoms with Crippen LogP contribution in [0.2, 0.25) is 0 Å². The highest BCUT2D eigenvalue weighted by molar-refractivity contribution is 7.89. The molecule has 0 atom stereocenters. The number of hydrogen-bond acceptors (Lipinski definition) is 8. The molecule has 1 heterocycles. The Balaban J connectivity index is 1.56. The zero-order chi connectivity index (χ0) is 24.7. The first-order chi connectivity index (χ1) is 16.9. The number of nitrogens with one attached hydrogen (secondary N) is 4. The van der Waals surface area contributed by atoms with Crippen LogP contribution in [0.15, 0.2) is 70.8 Å². The molecule has 0 saturated heterocycles. The quantitative estimate of drug-likeness (QED) is 0.252. The second-order valence-corrected chi connectivity index (χ2v) is 10.4. The highest BCUT2D eigenvalue weighted by atomic mass is 32.2. The summed E-state index contributed by atoms with van der Waals surface area (Å²) in [6.07, 6.45) is 7.69. The van der Waals surface area contributed by atoms with Crippen molar-refractivity contribution in [1.29, 1.82) is 0 Å². The van der Waals surface area contributed by atoms with Crippen molar-refractivity contribution >= 4 is 38.9 Å². The zero-order valence-electron chi connectivity index (χ0n) is 20.0. The lowest BCUT2D eigenvalue weighted by atomic mass is 9.96. The molecule has 9 nitrogen and oxygen atoms in total. The van der Waals surface area contributed by atoms with Gasteiger partial charge in [0.05, 0.1) is 16.8 Å². The van der Waals surface area contributed by atoms with Crippen molar-refractivity contribution in [2.75, 3.05) is 23.1 Å². The van der Waals surface area contributed by atoms with Crippen molar-refractivity contribution in [3.05, 3.63) is 66.4 Å². The van der Waals surface area contributed by atoms with E-state index in [-0.39, 0.29) is 4.90 Å². The van der Waals surface area contributed by atoms with Crippen LogP contribution in [0.5, 0.6) is 0 Å². The first-order valence-electron chi connectivity index (χ1n) is 11.7. The molecule has 4 N–H and O–H groups in total. The van der Waals surface area contributed by atoms with Crippen LogP contribution in [-0.2, 0) is 10.0 Å². The van der Waals surface area contributed by atoms with E-state index in [1.54, 1.807) is 30.5 Å². The Bertz CT molecular complexity index is 1260. The minimum absolute atomic E-state index is 0.202. The number of anilines is 4. The summed E-state index contributed by atoms with van der Waals surface area (Å²) in [5.41, 5.74) is 6.15. The van der Waals surface area contributed by atoms with Crippen molar-refractivity contribution in [1.82, 2.24) is 14.7 Å². The van der Waals surface area contributed by atoms with Gasteiger partial charge in [-0.25, -0.2) is 18.1 Å². The van der Waals surface area contributed by atoms with Crippen LogP contribution in [0.3, 0.4) is 0 Å². The molecule has 4 rings (SSSR count). The Labute approximate surface area is 206 Å². The average molecular weight is 494 g/mol. The van der Waals surface area contributed by atoms with E-state index in [9.17, 15) is 8.42 Å². The molecule has 1 fully saturated rings. The Hall–Kier alpha value is -3.50. The summed E-state index contributed by atoms with van der Waals surface area (Å²) >= 11 is 0. The molecular formula is C25H31N7O2S.